The Hall–Kier alpha value is -1.52. The van der Waals surface area contributed by atoms with Crippen LogP contribution in [0.3, 0.4) is 0 Å². The van der Waals surface area contributed by atoms with Gasteiger partial charge in [-0.15, -0.1) is 0 Å². The molecule has 0 amide bonds. The van der Waals surface area contributed by atoms with Crippen molar-refractivity contribution >= 4 is 15.9 Å². The third kappa shape index (κ3) is 2.12. The Morgan fingerprint density at radius 3 is 2.65 bits per heavy atom. The van der Waals surface area contributed by atoms with Gasteiger partial charge >= 0.3 is 0 Å². The summed E-state index contributed by atoms with van der Waals surface area (Å²) < 4.78 is 12.3. The number of nitrogens with zero attached hydrogens (tertiary/aromatic N) is 1. The lowest BCUT2D eigenvalue weighted by Crippen LogP contribution is -2.35. The van der Waals surface area contributed by atoms with Crippen molar-refractivity contribution in [1.82, 2.24) is 4.90 Å². The van der Waals surface area contributed by atoms with E-state index in [1.165, 1.54) is 27.8 Å². The minimum absolute atomic E-state index is 0.451. The molecule has 2 aromatic rings. The lowest BCUT2D eigenvalue weighted by molar-refractivity contribution is 0.228. The van der Waals surface area contributed by atoms with Crippen molar-refractivity contribution in [3.8, 4) is 22.6 Å². The second-order valence-corrected chi connectivity index (χ2v) is 7.14. The molecule has 1 heterocycles. The van der Waals surface area contributed by atoms with Crippen molar-refractivity contribution in [1.29, 1.82) is 0 Å². The summed E-state index contributed by atoms with van der Waals surface area (Å²) in [5.74, 6) is 1.60. The van der Waals surface area contributed by atoms with Gasteiger partial charge in [0.15, 0.2) is 11.5 Å². The molecule has 23 heavy (non-hydrogen) atoms. The Morgan fingerprint density at radius 2 is 1.91 bits per heavy atom. The number of hydrogen-bond donors (Lipinski definition) is 0. The van der Waals surface area contributed by atoms with Crippen LogP contribution in [0.4, 0.5) is 0 Å². The minimum Gasteiger partial charge on any atom is -0.492 e. The zero-order valence-electron chi connectivity index (χ0n) is 13.6. The van der Waals surface area contributed by atoms with Crippen LogP contribution in [0.25, 0.3) is 11.1 Å². The van der Waals surface area contributed by atoms with Crippen LogP contribution in [0, 0.1) is 0 Å². The van der Waals surface area contributed by atoms with Gasteiger partial charge in [-0.05, 0) is 64.1 Å². The molecule has 0 aromatic heterocycles. The summed E-state index contributed by atoms with van der Waals surface area (Å²) in [5, 5.41) is 0. The van der Waals surface area contributed by atoms with Crippen molar-refractivity contribution in [2.75, 3.05) is 27.8 Å². The maximum atomic E-state index is 5.76. The zero-order chi connectivity index (χ0) is 16.1. The summed E-state index contributed by atoms with van der Waals surface area (Å²) >= 11 is 3.63. The van der Waals surface area contributed by atoms with Crippen LogP contribution in [0.15, 0.2) is 28.7 Å². The number of hydrogen-bond acceptors (Lipinski definition) is 3. The van der Waals surface area contributed by atoms with Crippen LogP contribution in [-0.2, 0) is 12.8 Å². The van der Waals surface area contributed by atoms with E-state index in [-0.39, 0.29) is 0 Å². The monoisotopic (exact) mass is 373 g/mol. The molecular formula is C19H20BrNO2. The number of fused-ring (bicyclic) bond motifs is 2. The Bertz CT molecular complexity index is 787. The molecule has 4 rings (SSSR count). The quantitative estimate of drug-likeness (QED) is 0.786. The lowest BCUT2D eigenvalue weighted by atomic mass is 9.77. The number of rotatable bonds is 2. The predicted octanol–water partition coefficient (Wildman–Crippen LogP) is 4.22. The van der Waals surface area contributed by atoms with Gasteiger partial charge in [-0.1, -0.05) is 18.2 Å². The summed E-state index contributed by atoms with van der Waals surface area (Å²) in [6, 6.07) is 9.30. The van der Waals surface area contributed by atoms with E-state index in [0.29, 0.717) is 6.04 Å². The first-order valence-electron chi connectivity index (χ1n) is 7.91. The van der Waals surface area contributed by atoms with E-state index in [1.807, 2.05) is 0 Å². The maximum absolute atomic E-state index is 5.76. The zero-order valence-corrected chi connectivity index (χ0v) is 15.2. The fraction of sp³-hybridized carbons (Fsp3) is 0.368. The van der Waals surface area contributed by atoms with Crippen LogP contribution in [0.5, 0.6) is 11.5 Å². The number of benzene rings is 2. The van der Waals surface area contributed by atoms with Gasteiger partial charge < -0.3 is 9.47 Å². The summed E-state index contributed by atoms with van der Waals surface area (Å²) in [6.45, 7) is 1.12. The molecule has 0 fully saturated rings. The van der Waals surface area contributed by atoms with Crippen molar-refractivity contribution in [3.63, 3.8) is 0 Å². The SMILES string of the molecule is COc1c(Br)cc2c(c1OC)-c1cccc3c1[C@@H](C2)N(C)CC3. The lowest BCUT2D eigenvalue weighted by Gasteiger charge is -2.40. The smallest absolute Gasteiger partial charge is 0.175 e. The van der Waals surface area contributed by atoms with Crippen LogP contribution in [0.2, 0.25) is 0 Å². The molecule has 2 aromatic carbocycles. The van der Waals surface area contributed by atoms with E-state index in [9.17, 15) is 0 Å². The molecule has 0 unspecified atom stereocenters. The Labute approximate surface area is 145 Å². The number of methoxy groups -OCH3 is 2. The number of halogens is 1. The fourth-order valence-corrected chi connectivity index (χ4v) is 4.70. The summed E-state index contributed by atoms with van der Waals surface area (Å²) in [4.78, 5) is 2.47. The molecule has 1 aliphatic heterocycles. The molecule has 1 aliphatic carbocycles. The highest BCUT2D eigenvalue weighted by molar-refractivity contribution is 9.10. The van der Waals surface area contributed by atoms with E-state index < -0.39 is 0 Å². The average molecular weight is 374 g/mol. The topological polar surface area (TPSA) is 21.7 Å². The molecule has 0 radical (unpaired) electrons. The van der Waals surface area contributed by atoms with Crippen LogP contribution in [0.1, 0.15) is 22.7 Å². The van der Waals surface area contributed by atoms with Gasteiger partial charge in [0.2, 0.25) is 0 Å². The van der Waals surface area contributed by atoms with Crippen molar-refractivity contribution < 1.29 is 9.47 Å². The first kappa shape index (κ1) is 15.0. The third-order valence-corrected chi connectivity index (χ3v) is 5.75. The van der Waals surface area contributed by atoms with Gasteiger partial charge in [0.25, 0.3) is 0 Å². The van der Waals surface area contributed by atoms with E-state index in [1.54, 1.807) is 14.2 Å². The van der Waals surface area contributed by atoms with E-state index in [4.69, 9.17) is 9.47 Å². The Morgan fingerprint density at radius 1 is 1.13 bits per heavy atom. The third-order valence-electron chi connectivity index (χ3n) is 5.16. The van der Waals surface area contributed by atoms with Gasteiger partial charge in [0, 0.05) is 18.2 Å². The van der Waals surface area contributed by atoms with E-state index in [2.05, 4.69) is 52.1 Å². The average Bonchev–Trinajstić information content (AvgIpc) is 2.56. The fourth-order valence-electron chi connectivity index (χ4n) is 4.08. The molecule has 4 heteroatoms. The molecule has 0 saturated carbocycles. The van der Waals surface area contributed by atoms with E-state index in [0.717, 1.165) is 35.4 Å². The molecular weight excluding hydrogens is 354 g/mol. The van der Waals surface area contributed by atoms with Crippen molar-refractivity contribution in [3.05, 3.63) is 45.4 Å². The standard InChI is InChI=1S/C19H20BrNO2/c1-21-8-7-11-5-4-6-13-16(11)15(21)10-12-9-14(20)18(22-2)19(23-3)17(12)13/h4-6,9,15H,7-8,10H2,1-3H3/t15-/m1/s1. The van der Waals surface area contributed by atoms with Gasteiger partial charge in [-0.25, -0.2) is 0 Å². The normalized spacial score (nSPS) is 19.0. The summed E-state index contributed by atoms with van der Waals surface area (Å²) in [7, 11) is 5.64. The first-order chi connectivity index (χ1) is 11.2. The van der Waals surface area contributed by atoms with Crippen LogP contribution in [-0.4, -0.2) is 32.7 Å². The molecule has 3 nitrogen and oxygen atoms in total. The molecule has 0 spiro atoms. The second-order valence-electron chi connectivity index (χ2n) is 6.29. The summed E-state index contributed by atoms with van der Waals surface area (Å²) in [5.41, 5.74) is 6.74. The second kappa shape index (κ2) is 5.53. The summed E-state index contributed by atoms with van der Waals surface area (Å²) in [6.07, 6.45) is 2.12. The molecule has 0 bridgehead atoms. The van der Waals surface area contributed by atoms with Crippen molar-refractivity contribution in [2.24, 2.45) is 0 Å². The van der Waals surface area contributed by atoms with E-state index >= 15 is 0 Å². The van der Waals surface area contributed by atoms with Gasteiger partial charge in [0.1, 0.15) is 0 Å². The Kier molecular flexibility index (Phi) is 3.62. The molecule has 1 atom stereocenters. The van der Waals surface area contributed by atoms with Gasteiger partial charge in [-0.3, -0.25) is 4.90 Å². The Balaban J connectivity index is 2.05. The molecule has 0 saturated heterocycles. The van der Waals surface area contributed by atoms with Gasteiger partial charge in [-0.2, -0.15) is 0 Å². The number of ether oxygens (including phenoxy) is 2. The molecule has 2 aliphatic rings. The first-order valence-corrected chi connectivity index (χ1v) is 8.70. The van der Waals surface area contributed by atoms with Crippen LogP contribution >= 0.6 is 15.9 Å². The highest BCUT2D eigenvalue weighted by Crippen LogP contribution is 2.52. The molecule has 120 valence electrons. The largest absolute Gasteiger partial charge is 0.492 e. The number of likely N-dealkylation sites (N-methyl/N-ethyl adjacent to an activating group) is 1. The van der Waals surface area contributed by atoms with Gasteiger partial charge in [0.05, 0.1) is 18.7 Å². The molecule has 0 N–H and O–H groups in total. The highest BCUT2D eigenvalue weighted by Gasteiger charge is 2.35. The van der Waals surface area contributed by atoms with Crippen molar-refractivity contribution in [2.45, 2.75) is 18.9 Å². The maximum Gasteiger partial charge on any atom is 0.175 e. The minimum atomic E-state index is 0.451. The highest BCUT2D eigenvalue weighted by atomic mass is 79.9. The predicted molar refractivity (Wildman–Crippen MR) is 95.5 cm³/mol. The van der Waals surface area contributed by atoms with Crippen LogP contribution < -0.4 is 9.47 Å².